The number of carbonyl (C=O) groups is 1. The minimum Gasteiger partial charge on any atom is -0.505 e. The van der Waals surface area contributed by atoms with Crippen molar-refractivity contribution in [3.63, 3.8) is 0 Å². The van der Waals surface area contributed by atoms with Crippen molar-refractivity contribution in [2.45, 2.75) is 38.3 Å². The third-order valence-corrected chi connectivity index (χ3v) is 5.38. The molecule has 2 aromatic carbocycles. The topological polar surface area (TPSA) is 89.1 Å². The van der Waals surface area contributed by atoms with Gasteiger partial charge >= 0.3 is 0 Å². The first-order valence-corrected chi connectivity index (χ1v) is 9.63. The molecular formula is C22H28N2O5. The van der Waals surface area contributed by atoms with Crippen LogP contribution in [-0.2, 0) is 9.47 Å². The maximum Gasteiger partial charge on any atom is 0.196 e. The second kappa shape index (κ2) is 8.82. The molecule has 0 saturated carbocycles. The van der Waals surface area contributed by atoms with E-state index < -0.39 is 11.8 Å². The van der Waals surface area contributed by atoms with E-state index in [1.165, 1.54) is 0 Å². The predicted octanol–water partition coefficient (Wildman–Crippen LogP) is 3.13. The summed E-state index contributed by atoms with van der Waals surface area (Å²) in [6.45, 7) is 4.45. The Morgan fingerprint density at radius 2 is 1.93 bits per heavy atom. The van der Waals surface area contributed by atoms with E-state index in [0.29, 0.717) is 30.0 Å². The molecule has 0 radical (unpaired) electrons. The summed E-state index contributed by atoms with van der Waals surface area (Å²) in [6, 6.07) is 12.2. The van der Waals surface area contributed by atoms with E-state index >= 15 is 0 Å². The highest BCUT2D eigenvalue weighted by molar-refractivity contribution is 6.12. The van der Waals surface area contributed by atoms with E-state index in [-0.39, 0.29) is 23.3 Å². The van der Waals surface area contributed by atoms with Gasteiger partial charge in [0.2, 0.25) is 0 Å². The smallest absolute Gasteiger partial charge is 0.196 e. The van der Waals surface area contributed by atoms with Crippen molar-refractivity contribution in [3.05, 3.63) is 53.6 Å². The van der Waals surface area contributed by atoms with Crippen LogP contribution in [0.2, 0.25) is 0 Å². The summed E-state index contributed by atoms with van der Waals surface area (Å²) in [7, 11) is 3.15. The number of hydrogen-bond acceptors (Lipinski definition) is 7. The van der Waals surface area contributed by atoms with Gasteiger partial charge < -0.3 is 24.6 Å². The van der Waals surface area contributed by atoms with E-state index in [9.17, 15) is 9.90 Å². The summed E-state index contributed by atoms with van der Waals surface area (Å²) in [5.41, 5.74) is 0.645. The molecule has 1 aliphatic heterocycles. The van der Waals surface area contributed by atoms with Crippen molar-refractivity contribution in [3.8, 4) is 11.5 Å². The summed E-state index contributed by atoms with van der Waals surface area (Å²) in [4.78, 5) is 12.8. The lowest BCUT2D eigenvalue weighted by molar-refractivity contribution is -0.105. The molecule has 2 unspecified atom stereocenters. The molecule has 0 spiro atoms. The number of aromatic hydroxyl groups is 1. The number of nitrogens with one attached hydrogen (secondary N) is 2. The van der Waals surface area contributed by atoms with Crippen LogP contribution in [0, 0.1) is 0 Å². The third-order valence-electron chi connectivity index (χ3n) is 5.38. The Morgan fingerprint density at radius 1 is 1.24 bits per heavy atom. The maximum absolute atomic E-state index is 12.8. The van der Waals surface area contributed by atoms with Crippen molar-refractivity contribution in [1.29, 1.82) is 0 Å². The summed E-state index contributed by atoms with van der Waals surface area (Å²) in [5.74, 6) is 0.122. The molecule has 7 nitrogen and oxygen atoms in total. The predicted molar refractivity (Wildman–Crippen MR) is 111 cm³/mol. The molecule has 0 aromatic heterocycles. The Bertz CT molecular complexity index is 854. The molecule has 3 rings (SSSR count). The fourth-order valence-corrected chi connectivity index (χ4v) is 3.33. The van der Waals surface area contributed by atoms with Gasteiger partial charge in [0.15, 0.2) is 24.1 Å². The van der Waals surface area contributed by atoms with Crippen LogP contribution in [0.25, 0.3) is 0 Å². The molecule has 2 atom stereocenters. The van der Waals surface area contributed by atoms with Gasteiger partial charge in [-0.25, -0.2) is 0 Å². The fourth-order valence-electron chi connectivity index (χ4n) is 3.33. The highest BCUT2D eigenvalue weighted by Gasteiger charge is 2.41. The summed E-state index contributed by atoms with van der Waals surface area (Å²) in [5, 5.41) is 17.5. The van der Waals surface area contributed by atoms with Gasteiger partial charge in [0.1, 0.15) is 11.4 Å². The molecule has 0 fully saturated rings. The zero-order valence-corrected chi connectivity index (χ0v) is 17.2. The average Bonchev–Trinajstić information content (AvgIpc) is 2.75. The first-order valence-electron chi connectivity index (χ1n) is 9.63. The number of rotatable bonds is 8. The molecule has 2 aromatic rings. The number of anilines is 1. The lowest BCUT2D eigenvalue weighted by Gasteiger charge is -2.43. The lowest BCUT2D eigenvalue weighted by atomic mass is 9.92. The van der Waals surface area contributed by atoms with Crippen LogP contribution in [0.1, 0.15) is 36.2 Å². The average molecular weight is 400 g/mol. The second-order valence-corrected chi connectivity index (χ2v) is 7.23. The summed E-state index contributed by atoms with van der Waals surface area (Å²) < 4.78 is 16.6. The lowest BCUT2D eigenvalue weighted by Crippen LogP contribution is -2.60. The summed E-state index contributed by atoms with van der Waals surface area (Å²) in [6.07, 6.45) is -0.0753. The number of ketones is 1. The molecule has 0 saturated heterocycles. The highest BCUT2D eigenvalue weighted by Crippen LogP contribution is 2.44. The standard InChI is InChI=1S/C22H28N2O5/c1-5-22(2)21(23-13-17(27-3)28-4)29-16-12-11-15(20(26)18(16)24-22)19(25)14-9-7-6-8-10-14/h6-12,17,21,23-24,26H,5,13H2,1-4H3. The minimum atomic E-state index is -0.523. The molecule has 0 amide bonds. The van der Waals surface area contributed by atoms with Crippen LogP contribution in [0.3, 0.4) is 0 Å². The van der Waals surface area contributed by atoms with Crippen LogP contribution in [-0.4, -0.2) is 49.7 Å². The Hall–Kier alpha value is -2.61. The van der Waals surface area contributed by atoms with Crippen molar-refractivity contribution >= 4 is 11.5 Å². The van der Waals surface area contributed by atoms with E-state index in [2.05, 4.69) is 10.6 Å². The zero-order chi connectivity index (χ0) is 21.0. The number of hydrogen-bond donors (Lipinski definition) is 3. The Morgan fingerprint density at radius 3 is 2.55 bits per heavy atom. The first kappa shape index (κ1) is 21.1. The first-order chi connectivity index (χ1) is 13.9. The van der Waals surface area contributed by atoms with Gasteiger partial charge in [-0.1, -0.05) is 37.3 Å². The van der Waals surface area contributed by atoms with Gasteiger partial charge in [-0.3, -0.25) is 10.1 Å². The van der Waals surface area contributed by atoms with Gasteiger partial charge in [-0.15, -0.1) is 0 Å². The van der Waals surface area contributed by atoms with Crippen LogP contribution >= 0.6 is 0 Å². The summed E-state index contributed by atoms with van der Waals surface area (Å²) >= 11 is 0. The SMILES string of the molecule is CCC1(C)Nc2c(ccc(C(=O)c3ccccc3)c2O)OC1NCC(OC)OC. The zero-order valence-electron chi connectivity index (χ0n) is 17.2. The van der Waals surface area contributed by atoms with Crippen LogP contribution in [0.5, 0.6) is 11.5 Å². The fraction of sp³-hybridized carbons (Fsp3) is 0.409. The number of ether oxygens (including phenoxy) is 3. The monoisotopic (exact) mass is 400 g/mol. The van der Waals surface area contributed by atoms with Crippen molar-refractivity contribution < 1.29 is 24.1 Å². The van der Waals surface area contributed by atoms with Crippen LogP contribution < -0.4 is 15.4 Å². The van der Waals surface area contributed by atoms with Gasteiger partial charge in [0.05, 0.1) is 11.1 Å². The quantitative estimate of drug-likeness (QED) is 0.356. The van der Waals surface area contributed by atoms with Crippen molar-refractivity contribution in [1.82, 2.24) is 5.32 Å². The van der Waals surface area contributed by atoms with Crippen LogP contribution in [0.15, 0.2) is 42.5 Å². The number of phenols is 1. The number of carbonyl (C=O) groups excluding carboxylic acids is 1. The van der Waals surface area contributed by atoms with Gasteiger partial charge in [0.25, 0.3) is 0 Å². The van der Waals surface area contributed by atoms with Crippen molar-refractivity contribution in [2.75, 3.05) is 26.1 Å². The number of phenolic OH excluding ortho intramolecular Hbond substituents is 1. The second-order valence-electron chi connectivity index (χ2n) is 7.23. The minimum absolute atomic E-state index is 0.110. The maximum atomic E-state index is 12.8. The van der Waals surface area contributed by atoms with Gasteiger partial charge in [-0.2, -0.15) is 0 Å². The van der Waals surface area contributed by atoms with Gasteiger partial charge in [0, 0.05) is 26.3 Å². The molecule has 156 valence electrons. The largest absolute Gasteiger partial charge is 0.505 e. The Kier molecular flexibility index (Phi) is 6.42. The molecule has 7 heteroatoms. The van der Waals surface area contributed by atoms with E-state index in [1.807, 2.05) is 19.9 Å². The van der Waals surface area contributed by atoms with Crippen LogP contribution in [0.4, 0.5) is 5.69 Å². The molecule has 29 heavy (non-hydrogen) atoms. The molecular weight excluding hydrogens is 372 g/mol. The number of methoxy groups -OCH3 is 2. The Labute approximate surface area is 171 Å². The molecule has 3 N–H and O–H groups in total. The number of benzene rings is 2. The Balaban J connectivity index is 1.89. The third kappa shape index (κ3) is 4.22. The molecule has 0 bridgehead atoms. The van der Waals surface area contributed by atoms with E-state index in [4.69, 9.17) is 14.2 Å². The normalized spacial score (nSPS) is 20.7. The number of fused-ring (bicyclic) bond motifs is 1. The highest BCUT2D eigenvalue weighted by atomic mass is 16.7. The van der Waals surface area contributed by atoms with Gasteiger partial charge in [-0.05, 0) is 25.5 Å². The molecule has 0 aliphatic carbocycles. The molecule has 1 aliphatic rings. The van der Waals surface area contributed by atoms with Crippen molar-refractivity contribution in [2.24, 2.45) is 0 Å². The molecule has 1 heterocycles. The van der Waals surface area contributed by atoms with E-state index in [0.717, 1.165) is 0 Å². The van der Waals surface area contributed by atoms with E-state index in [1.54, 1.807) is 50.6 Å².